The number of nitrogens with two attached hydrogens (primary N) is 1. The summed E-state index contributed by atoms with van der Waals surface area (Å²) in [6.07, 6.45) is 22.2. The Balaban J connectivity index is 0.000000606. The molecule has 40 heavy (non-hydrogen) atoms. The fourth-order valence-corrected chi connectivity index (χ4v) is 4.54. The Morgan fingerprint density at radius 1 is 1.20 bits per heavy atom. The maximum atomic E-state index is 12.1. The number of guanidine groups is 1. The molecule has 3 N–H and O–H groups in total. The monoisotopic (exact) mass is 574 g/mol. The molecule has 4 rings (SSSR count). The summed E-state index contributed by atoms with van der Waals surface area (Å²) < 4.78 is 10.4. The maximum Gasteiger partial charge on any atom is 0.231 e. The number of para-hydroxylation sites is 1. The molecule has 1 aliphatic carbocycles. The highest BCUT2D eigenvalue weighted by Gasteiger charge is 2.39. The molecule has 2 aliphatic heterocycles. The number of methoxy groups -OCH3 is 1. The molecule has 1 fully saturated rings. The van der Waals surface area contributed by atoms with Gasteiger partial charge in [0, 0.05) is 32.2 Å². The SMILES string of the molecule is C#C.C#C.CC1(C)CC(NC=O)c2cccc(Cl)c2O1.CCC1(CC)CC(=O)N(CC2CC2)C(N)=N1.CCOC. The number of halogens is 1. The lowest BCUT2D eigenvalue weighted by atomic mass is 9.88. The molecular formula is C31H47ClN4O4. The number of nitrogens with one attached hydrogen (secondary N) is 1. The molecule has 1 unspecified atom stereocenters. The van der Waals surface area contributed by atoms with E-state index in [0.717, 1.165) is 44.4 Å². The van der Waals surface area contributed by atoms with Gasteiger partial charge in [-0.05, 0) is 58.4 Å². The molecule has 0 radical (unpaired) electrons. The average molecular weight is 575 g/mol. The van der Waals surface area contributed by atoms with Gasteiger partial charge in [0.1, 0.15) is 11.4 Å². The van der Waals surface area contributed by atoms with E-state index in [1.807, 2.05) is 32.9 Å². The van der Waals surface area contributed by atoms with Crippen LogP contribution >= 0.6 is 11.6 Å². The molecule has 1 atom stereocenters. The Bertz CT molecular complexity index is 990. The first-order valence-electron chi connectivity index (χ1n) is 13.5. The van der Waals surface area contributed by atoms with Crippen molar-refractivity contribution < 1.29 is 19.1 Å². The summed E-state index contributed by atoms with van der Waals surface area (Å²) in [7, 11) is 1.68. The molecule has 1 saturated carbocycles. The topological polar surface area (TPSA) is 106 Å². The molecule has 0 saturated heterocycles. The zero-order valence-electron chi connectivity index (χ0n) is 24.9. The third-order valence-corrected chi connectivity index (χ3v) is 7.17. The number of aliphatic imine (C=N–C) groups is 1. The van der Waals surface area contributed by atoms with Gasteiger partial charge in [0.2, 0.25) is 12.3 Å². The Kier molecular flexibility index (Phi) is 16.7. The Labute approximate surface area is 246 Å². The zero-order chi connectivity index (χ0) is 30.9. The van der Waals surface area contributed by atoms with Crippen LogP contribution in [0.1, 0.15) is 84.7 Å². The number of hydrogen-bond donors (Lipinski definition) is 2. The molecule has 1 aromatic rings. The van der Waals surface area contributed by atoms with Crippen molar-refractivity contribution in [2.75, 3.05) is 20.3 Å². The van der Waals surface area contributed by atoms with Crippen LogP contribution < -0.4 is 15.8 Å². The number of fused-ring (bicyclic) bond motifs is 1. The van der Waals surface area contributed by atoms with E-state index in [1.165, 1.54) is 12.8 Å². The Morgan fingerprint density at radius 3 is 2.23 bits per heavy atom. The van der Waals surface area contributed by atoms with E-state index < -0.39 is 0 Å². The highest BCUT2D eigenvalue weighted by Crippen LogP contribution is 2.43. The fraction of sp³-hybridized carbons (Fsp3) is 0.581. The highest BCUT2D eigenvalue weighted by molar-refractivity contribution is 6.32. The Hall–Kier alpha value is -3.20. The largest absolute Gasteiger partial charge is 0.486 e. The molecule has 0 aromatic heterocycles. The van der Waals surface area contributed by atoms with Gasteiger partial charge in [-0.2, -0.15) is 0 Å². The second-order valence-corrected chi connectivity index (χ2v) is 10.6. The molecule has 2 heterocycles. The summed E-state index contributed by atoms with van der Waals surface area (Å²) in [4.78, 5) is 28.9. The van der Waals surface area contributed by atoms with Gasteiger partial charge >= 0.3 is 0 Å². The van der Waals surface area contributed by atoms with Crippen molar-refractivity contribution in [2.45, 2.75) is 90.3 Å². The number of carbonyl (C=O) groups is 2. The van der Waals surface area contributed by atoms with Crippen molar-refractivity contribution in [3.8, 4) is 31.4 Å². The predicted molar refractivity (Wildman–Crippen MR) is 164 cm³/mol. The number of ether oxygens (including phenoxy) is 2. The number of nitrogens with zero attached hydrogens (tertiary/aromatic N) is 2. The summed E-state index contributed by atoms with van der Waals surface area (Å²) >= 11 is 6.09. The first-order chi connectivity index (χ1) is 19.0. The number of rotatable bonds is 7. The first-order valence-corrected chi connectivity index (χ1v) is 13.9. The van der Waals surface area contributed by atoms with Crippen LogP contribution in [-0.4, -0.2) is 54.6 Å². The Morgan fingerprint density at radius 2 is 1.77 bits per heavy atom. The van der Waals surface area contributed by atoms with Gasteiger partial charge in [-0.3, -0.25) is 14.5 Å². The van der Waals surface area contributed by atoms with Crippen LogP contribution in [0.25, 0.3) is 0 Å². The van der Waals surface area contributed by atoms with Crippen LogP contribution in [-0.2, 0) is 14.3 Å². The standard InChI is InChI=1S/C12H14ClNO2.C12H21N3O.C3H8O.2C2H2/c1-12(2)6-10(14-7-15)8-4-3-5-9(13)11(8)16-12;1-3-12(4-2)7-10(16)15(11(13)14-12)8-9-5-6-9;1-3-4-2;2*1-2/h3-5,7,10H,6H2,1-2H3,(H,14,15);9H,3-8H2,1-2H3,(H2,13,14);3H2,1-2H3;2*1-2H. The van der Waals surface area contributed by atoms with E-state index >= 15 is 0 Å². The van der Waals surface area contributed by atoms with Crippen LogP contribution in [0.3, 0.4) is 0 Å². The van der Waals surface area contributed by atoms with Crippen molar-refractivity contribution in [1.82, 2.24) is 10.2 Å². The van der Waals surface area contributed by atoms with Gasteiger partial charge < -0.3 is 20.5 Å². The summed E-state index contributed by atoms with van der Waals surface area (Å²) in [5, 5.41) is 3.39. The highest BCUT2D eigenvalue weighted by atomic mass is 35.5. The molecular weight excluding hydrogens is 528 g/mol. The summed E-state index contributed by atoms with van der Waals surface area (Å²) in [5.41, 5.74) is 6.32. The lowest BCUT2D eigenvalue weighted by Crippen LogP contribution is -2.51. The first kappa shape index (κ1) is 36.8. The molecule has 0 bridgehead atoms. The molecule has 222 valence electrons. The van der Waals surface area contributed by atoms with Crippen molar-refractivity contribution >= 4 is 29.9 Å². The number of carbonyl (C=O) groups excluding carboxylic acids is 2. The molecule has 3 aliphatic rings. The van der Waals surface area contributed by atoms with Crippen molar-refractivity contribution in [1.29, 1.82) is 0 Å². The van der Waals surface area contributed by atoms with Gasteiger partial charge in [0.25, 0.3) is 0 Å². The lowest BCUT2D eigenvalue weighted by molar-refractivity contribution is -0.129. The van der Waals surface area contributed by atoms with E-state index in [1.54, 1.807) is 18.1 Å². The van der Waals surface area contributed by atoms with E-state index in [9.17, 15) is 9.59 Å². The molecule has 9 heteroatoms. The molecule has 1 aromatic carbocycles. The molecule has 0 spiro atoms. The van der Waals surface area contributed by atoms with Crippen molar-refractivity contribution in [3.63, 3.8) is 0 Å². The summed E-state index contributed by atoms with van der Waals surface area (Å²) in [5.74, 6) is 1.93. The molecule has 2 amide bonds. The second kappa shape index (κ2) is 18.2. The van der Waals surface area contributed by atoms with Gasteiger partial charge in [-0.1, -0.05) is 37.6 Å². The lowest BCUT2D eigenvalue weighted by Gasteiger charge is -2.37. The fourth-order valence-electron chi connectivity index (χ4n) is 4.32. The van der Waals surface area contributed by atoms with Crippen molar-refractivity contribution in [3.05, 3.63) is 28.8 Å². The van der Waals surface area contributed by atoms with Crippen LogP contribution in [0.2, 0.25) is 5.02 Å². The normalized spacial score (nSPS) is 19.4. The van der Waals surface area contributed by atoms with Gasteiger partial charge in [-0.25, -0.2) is 4.99 Å². The average Bonchev–Trinajstić information content (AvgIpc) is 3.78. The van der Waals surface area contributed by atoms with Gasteiger partial charge in [0.15, 0.2) is 5.96 Å². The maximum absolute atomic E-state index is 12.1. The number of benzene rings is 1. The number of terminal acetylenes is 2. The van der Waals surface area contributed by atoms with Gasteiger partial charge in [0.05, 0.1) is 23.0 Å². The van der Waals surface area contributed by atoms with Crippen LogP contribution in [0, 0.1) is 31.6 Å². The van der Waals surface area contributed by atoms with E-state index in [0.29, 0.717) is 29.1 Å². The quantitative estimate of drug-likeness (QED) is 0.338. The van der Waals surface area contributed by atoms with E-state index in [-0.39, 0.29) is 23.1 Å². The second-order valence-electron chi connectivity index (χ2n) is 10.2. The third kappa shape index (κ3) is 11.1. The summed E-state index contributed by atoms with van der Waals surface area (Å²) in [6, 6.07) is 5.55. The smallest absolute Gasteiger partial charge is 0.231 e. The van der Waals surface area contributed by atoms with Crippen LogP contribution in [0.4, 0.5) is 0 Å². The third-order valence-electron chi connectivity index (χ3n) is 6.87. The molecule has 8 nitrogen and oxygen atoms in total. The van der Waals surface area contributed by atoms with Crippen LogP contribution in [0.5, 0.6) is 5.75 Å². The van der Waals surface area contributed by atoms with Crippen molar-refractivity contribution in [2.24, 2.45) is 16.6 Å². The minimum Gasteiger partial charge on any atom is -0.486 e. The summed E-state index contributed by atoms with van der Waals surface area (Å²) in [6.45, 7) is 11.7. The van der Waals surface area contributed by atoms with Crippen LogP contribution in [0.15, 0.2) is 23.2 Å². The van der Waals surface area contributed by atoms with E-state index in [4.69, 9.17) is 22.1 Å². The number of hydrogen-bond acceptors (Lipinski definition) is 6. The minimum absolute atomic E-state index is 0.0325. The predicted octanol–water partition coefficient (Wildman–Crippen LogP) is 5.34. The van der Waals surface area contributed by atoms with Gasteiger partial charge in [-0.15, -0.1) is 25.7 Å². The van der Waals surface area contributed by atoms with E-state index in [2.05, 4.69) is 54.6 Å². The zero-order valence-corrected chi connectivity index (χ0v) is 25.7. The minimum atomic E-state index is -0.321. The number of amides is 2.